The second kappa shape index (κ2) is 4.95. The number of piperidine rings is 1. The van der Waals surface area contributed by atoms with E-state index in [2.05, 4.69) is 5.32 Å². The molecule has 1 unspecified atom stereocenters. The van der Waals surface area contributed by atoms with Crippen LogP contribution in [0, 0.1) is 0 Å². The molecule has 2 saturated heterocycles. The highest BCUT2D eigenvalue weighted by atomic mass is 32.2. The summed E-state index contributed by atoms with van der Waals surface area (Å²) in [6, 6.07) is -1.30. The van der Waals surface area contributed by atoms with Crippen LogP contribution in [-0.4, -0.2) is 51.5 Å². The molecule has 2 rings (SSSR count). The monoisotopic (exact) mass is 258 g/mol. The van der Waals surface area contributed by atoms with Gasteiger partial charge < -0.3 is 15.3 Å². The van der Waals surface area contributed by atoms with Crippen LogP contribution < -0.4 is 5.32 Å². The van der Waals surface area contributed by atoms with Crippen molar-refractivity contribution < 1.29 is 19.5 Å². The standard InChI is InChI=1S/C10H14N2O4S/c13-8(6-5-17-10(16)11-6)12-4-2-1-3-7(12)9(14)15/h6-7H,1-5H2,(H,11,16)(H,14,15)/t6?,7-/m0/s1. The van der Waals surface area contributed by atoms with Crippen LogP contribution >= 0.6 is 11.8 Å². The Labute approximate surface area is 103 Å². The predicted octanol–water partition coefficient (Wildman–Crippen LogP) is 0.277. The van der Waals surface area contributed by atoms with Crippen molar-refractivity contribution in [3.8, 4) is 0 Å². The maximum absolute atomic E-state index is 12.1. The number of thioether (sulfide) groups is 1. The SMILES string of the molecule is O=C1NC(C(=O)N2CCCC[C@H]2C(=O)O)CS1. The van der Waals surface area contributed by atoms with Crippen molar-refractivity contribution in [1.82, 2.24) is 10.2 Å². The lowest BCUT2D eigenvalue weighted by Crippen LogP contribution is -2.54. The van der Waals surface area contributed by atoms with Gasteiger partial charge in [0.05, 0.1) is 0 Å². The number of hydrogen-bond donors (Lipinski definition) is 2. The van der Waals surface area contributed by atoms with Crippen LogP contribution in [0.4, 0.5) is 4.79 Å². The lowest BCUT2D eigenvalue weighted by atomic mass is 10.0. The van der Waals surface area contributed by atoms with Crippen LogP contribution in [0.2, 0.25) is 0 Å². The highest BCUT2D eigenvalue weighted by Gasteiger charge is 2.38. The summed E-state index contributed by atoms with van der Waals surface area (Å²) in [6.45, 7) is 0.465. The third-order valence-electron chi connectivity index (χ3n) is 3.04. The average Bonchev–Trinajstić information content (AvgIpc) is 2.75. The van der Waals surface area contributed by atoms with Crippen LogP contribution in [0.5, 0.6) is 0 Å². The fraction of sp³-hybridized carbons (Fsp3) is 0.700. The van der Waals surface area contributed by atoms with E-state index in [0.717, 1.165) is 24.6 Å². The molecule has 0 aromatic rings. The van der Waals surface area contributed by atoms with Gasteiger partial charge in [-0.3, -0.25) is 9.59 Å². The van der Waals surface area contributed by atoms with Gasteiger partial charge >= 0.3 is 5.97 Å². The number of carboxylic acids is 1. The van der Waals surface area contributed by atoms with Crippen LogP contribution in [0.25, 0.3) is 0 Å². The molecule has 2 heterocycles. The third-order valence-corrected chi connectivity index (χ3v) is 3.92. The second-order valence-corrected chi connectivity index (χ2v) is 5.17. The predicted molar refractivity (Wildman–Crippen MR) is 61.8 cm³/mol. The number of rotatable bonds is 2. The van der Waals surface area contributed by atoms with Gasteiger partial charge in [-0.15, -0.1) is 0 Å². The van der Waals surface area contributed by atoms with Crippen molar-refractivity contribution in [2.75, 3.05) is 12.3 Å². The van der Waals surface area contributed by atoms with Crippen LogP contribution in [0.3, 0.4) is 0 Å². The molecule has 6 nitrogen and oxygen atoms in total. The largest absolute Gasteiger partial charge is 0.480 e. The highest BCUT2D eigenvalue weighted by molar-refractivity contribution is 8.14. The maximum Gasteiger partial charge on any atom is 0.326 e. The Hall–Kier alpha value is -1.24. The molecule has 0 radical (unpaired) electrons. The molecule has 94 valence electrons. The molecule has 0 saturated carbocycles. The van der Waals surface area contributed by atoms with E-state index in [4.69, 9.17) is 5.11 Å². The molecular formula is C10H14N2O4S. The molecule has 0 bridgehead atoms. The van der Waals surface area contributed by atoms with E-state index in [-0.39, 0.29) is 11.1 Å². The number of aliphatic carboxylic acids is 1. The Kier molecular flexibility index (Phi) is 3.56. The zero-order chi connectivity index (χ0) is 12.4. The van der Waals surface area contributed by atoms with Gasteiger partial charge in [0, 0.05) is 12.3 Å². The molecule has 7 heteroatoms. The number of amides is 2. The maximum atomic E-state index is 12.1. The Bertz CT molecular complexity index is 360. The highest BCUT2D eigenvalue weighted by Crippen LogP contribution is 2.21. The molecule has 2 fully saturated rings. The number of carboxylic acid groups (broad SMARTS) is 1. The zero-order valence-electron chi connectivity index (χ0n) is 9.22. The fourth-order valence-corrected chi connectivity index (χ4v) is 2.94. The molecule has 17 heavy (non-hydrogen) atoms. The number of likely N-dealkylation sites (tertiary alicyclic amines) is 1. The normalized spacial score (nSPS) is 28.9. The number of nitrogens with zero attached hydrogens (tertiary/aromatic N) is 1. The van der Waals surface area contributed by atoms with Crippen LogP contribution in [-0.2, 0) is 9.59 Å². The summed E-state index contributed by atoms with van der Waals surface area (Å²) >= 11 is 1.06. The minimum Gasteiger partial charge on any atom is -0.480 e. The van der Waals surface area contributed by atoms with E-state index >= 15 is 0 Å². The Balaban J connectivity index is 2.06. The lowest BCUT2D eigenvalue weighted by Gasteiger charge is -2.34. The Morgan fingerprint density at radius 2 is 2.18 bits per heavy atom. The quantitative estimate of drug-likeness (QED) is 0.742. The first-order valence-electron chi connectivity index (χ1n) is 5.56. The molecule has 0 aromatic heterocycles. The number of carbonyl (C=O) groups excluding carboxylic acids is 2. The van der Waals surface area contributed by atoms with E-state index in [9.17, 15) is 14.4 Å². The second-order valence-electron chi connectivity index (χ2n) is 4.18. The van der Waals surface area contributed by atoms with Gasteiger partial charge in [-0.25, -0.2) is 4.79 Å². The molecule has 2 N–H and O–H groups in total. The summed E-state index contributed by atoms with van der Waals surface area (Å²) < 4.78 is 0. The van der Waals surface area contributed by atoms with Gasteiger partial charge in [-0.05, 0) is 19.3 Å². The molecule has 2 aliphatic rings. The van der Waals surface area contributed by atoms with E-state index in [1.165, 1.54) is 4.90 Å². The van der Waals surface area contributed by atoms with Gasteiger partial charge in [0.2, 0.25) is 5.91 Å². The van der Waals surface area contributed by atoms with Gasteiger partial charge in [0.1, 0.15) is 12.1 Å². The summed E-state index contributed by atoms with van der Waals surface area (Å²) in [6.07, 6.45) is 2.14. The molecule has 2 amide bonds. The summed E-state index contributed by atoms with van der Waals surface area (Å²) in [4.78, 5) is 35.6. The minimum atomic E-state index is -0.963. The van der Waals surface area contributed by atoms with Crippen molar-refractivity contribution in [2.45, 2.75) is 31.3 Å². The molecule has 0 aromatic carbocycles. The number of carbonyl (C=O) groups is 3. The van der Waals surface area contributed by atoms with Gasteiger partial charge in [-0.1, -0.05) is 11.8 Å². The first kappa shape index (κ1) is 12.2. The molecule has 2 atom stereocenters. The Morgan fingerprint density at radius 1 is 1.41 bits per heavy atom. The summed E-state index contributed by atoms with van der Waals surface area (Å²) in [5.74, 6) is -0.842. The smallest absolute Gasteiger partial charge is 0.326 e. The summed E-state index contributed by atoms with van der Waals surface area (Å²) in [5, 5.41) is 11.4. The van der Waals surface area contributed by atoms with E-state index in [0.29, 0.717) is 18.7 Å². The topological polar surface area (TPSA) is 86.7 Å². The first-order chi connectivity index (χ1) is 8.09. The van der Waals surface area contributed by atoms with Crippen molar-refractivity contribution in [2.24, 2.45) is 0 Å². The van der Waals surface area contributed by atoms with E-state index < -0.39 is 18.1 Å². The van der Waals surface area contributed by atoms with Gasteiger partial charge in [0.25, 0.3) is 5.24 Å². The first-order valence-corrected chi connectivity index (χ1v) is 6.54. The molecule has 0 spiro atoms. The molecule has 0 aliphatic carbocycles. The van der Waals surface area contributed by atoms with Crippen molar-refractivity contribution in [3.05, 3.63) is 0 Å². The average molecular weight is 258 g/mol. The Morgan fingerprint density at radius 3 is 2.76 bits per heavy atom. The van der Waals surface area contributed by atoms with Crippen molar-refractivity contribution in [3.63, 3.8) is 0 Å². The van der Waals surface area contributed by atoms with Crippen LogP contribution in [0.15, 0.2) is 0 Å². The zero-order valence-corrected chi connectivity index (χ0v) is 10.0. The van der Waals surface area contributed by atoms with Crippen molar-refractivity contribution in [1.29, 1.82) is 0 Å². The van der Waals surface area contributed by atoms with Crippen LogP contribution in [0.1, 0.15) is 19.3 Å². The lowest BCUT2D eigenvalue weighted by molar-refractivity contribution is -0.152. The number of nitrogens with one attached hydrogen (secondary N) is 1. The van der Waals surface area contributed by atoms with E-state index in [1.54, 1.807) is 0 Å². The number of hydrogen-bond acceptors (Lipinski definition) is 4. The fourth-order valence-electron chi connectivity index (χ4n) is 2.17. The van der Waals surface area contributed by atoms with E-state index in [1.807, 2.05) is 0 Å². The minimum absolute atomic E-state index is 0.216. The van der Waals surface area contributed by atoms with Gasteiger partial charge in [-0.2, -0.15) is 0 Å². The molecule has 2 aliphatic heterocycles. The summed E-state index contributed by atoms with van der Waals surface area (Å²) in [7, 11) is 0. The molecular weight excluding hydrogens is 244 g/mol. The third kappa shape index (κ3) is 2.54. The van der Waals surface area contributed by atoms with Gasteiger partial charge in [0.15, 0.2) is 0 Å². The van der Waals surface area contributed by atoms with Crippen molar-refractivity contribution >= 4 is 28.9 Å². The summed E-state index contributed by atoms with van der Waals surface area (Å²) in [5.41, 5.74) is 0.